The number of aromatic nitrogens is 3. The van der Waals surface area contributed by atoms with Crippen LogP contribution in [0.25, 0.3) is 5.57 Å². The topological polar surface area (TPSA) is 70.9 Å². The van der Waals surface area contributed by atoms with Crippen LogP contribution in [0.1, 0.15) is 44.8 Å². The number of aryl methyl sites for hydroxylation is 1. The Balaban J connectivity index is 2.33. The molecule has 0 radical (unpaired) electrons. The Labute approximate surface area is 126 Å². The SMILES string of the molecule is Cc1nc(NC(C)C(C)(F)F)nc(C2=C(F)C(O)CCC2)n1. The molecule has 0 saturated heterocycles. The number of nitrogens with zero attached hydrogens (tertiary/aromatic N) is 3. The molecule has 0 aromatic carbocycles. The number of nitrogens with one attached hydrogen (secondary N) is 1. The highest BCUT2D eigenvalue weighted by molar-refractivity contribution is 5.64. The summed E-state index contributed by atoms with van der Waals surface area (Å²) in [5, 5.41) is 12.1. The molecule has 2 N–H and O–H groups in total. The summed E-state index contributed by atoms with van der Waals surface area (Å²) in [5.41, 5.74) is 0.211. The van der Waals surface area contributed by atoms with E-state index in [1.807, 2.05) is 0 Å². The number of alkyl halides is 2. The molecule has 1 heterocycles. The number of rotatable bonds is 4. The molecule has 1 aliphatic rings. The number of aliphatic hydroxyl groups excluding tert-OH is 1. The summed E-state index contributed by atoms with van der Waals surface area (Å²) in [6, 6.07) is -1.18. The first-order valence-corrected chi connectivity index (χ1v) is 7.12. The smallest absolute Gasteiger partial charge is 0.264 e. The average molecular weight is 316 g/mol. The van der Waals surface area contributed by atoms with Crippen LogP contribution in [0, 0.1) is 6.92 Å². The molecule has 2 rings (SSSR count). The Bertz CT molecular complexity index is 586. The van der Waals surface area contributed by atoms with E-state index in [2.05, 4.69) is 20.3 Å². The van der Waals surface area contributed by atoms with Gasteiger partial charge in [0.1, 0.15) is 17.8 Å². The number of anilines is 1. The molecule has 122 valence electrons. The van der Waals surface area contributed by atoms with Gasteiger partial charge in [-0.15, -0.1) is 0 Å². The predicted octanol–water partition coefficient (Wildman–Crippen LogP) is 2.86. The predicted molar refractivity (Wildman–Crippen MR) is 76.2 cm³/mol. The first-order chi connectivity index (χ1) is 10.2. The summed E-state index contributed by atoms with van der Waals surface area (Å²) in [4.78, 5) is 12.0. The molecule has 0 saturated carbocycles. The molecule has 0 bridgehead atoms. The highest BCUT2D eigenvalue weighted by atomic mass is 19.3. The van der Waals surface area contributed by atoms with Crippen molar-refractivity contribution in [1.82, 2.24) is 15.0 Å². The highest BCUT2D eigenvalue weighted by Crippen LogP contribution is 2.32. The molecular formula is C14H19F3N4O. The van der Waals surface area contributed by atoms with E-state index in [0.29, 0.717) is 25.1 Å². The molecule has 2 unspecified atom stereocenters. The van der Waals surface area contributed by atoms with E-state index in [1.54, 1.807) is 6.92 Å². The van der Waals surface area contributed by atoms with Gasteiger partial charge in [0.2, 0.25) is 5.95 Å². The number of hydrogen-bond donors (Lipinski definition) is 2. The second-order valence-electron chi connectivity index (χ2n) is 5.59. The van der Waals surface area contributed by atoms with Crippen molar-refractivity contribution >= 4 is 11.5 Å². The Morgan fingerprint density at radius 1 is 1.32 bits per heavy atom. The van der Waals surface area contributed by atoms with Gasteiger partial charge in [-0.25, -0.2) is 18.2 Å². The molecule has 0 amide bonds. The fourth-order valence-electron chi connectivity index (χ4n) is 2.14. The van der Waals surface area contributed by atoms with E-state index >= 15 is 0 Å². The van der Waals surface area contributed by atoms with Crippen molar-refractivity contribution in [3.63, 3.8) is 0 Å². The fraction of sp³-hybridized carbons (Fsp3) is 0.643. The Hall–Kier alpha value is -1.70. The summed E-state index contributed by atoms with van der Waals surface area (Å²) < 4.78 is 40.5. The van der Waals surface area contributed by atoms with Crippen molar-refractivity contribution < 1.29 is 18.3 Å². The third-order valence-electron chi connectivity index (χ3n) is 3.61. The zero-order valence-electron chi connectivity index (χ0n) is 12.7. The van der Waals surface area contributed by atoms with Gasteiger partial charge in [-0.05, 0) is 33.1 Å². The monoisotopic (exact) mass is 316 g/mol. The molecular weight excluding hydrogens is 297 g/mol. The molecule has 1 aromatic rings. The lowest BCUT2D eigenvalue weighted by Crippen LogP contribution is -2.35. The van der Waals surface area contributed by atoms with Gasteiger partial charge in [-0.1, -0.05) is 0 Å². The maximum atomic E-state index is 14.0. The quantitative estimate of drug-likeness (QED) is 0.894. The summed E-state index contributed by atoms with van der Waals surface area (Å²) in [6.45, 7) is 3.67. The highest BCUT2D eigenvalue weighted by Gasteiger charge is 2.31. The lowest BCUT2D eigenvalue weighted by atomic mass is 9.96. The second kappa shape index (κ2) is 6.20. The Kier molecular flexibility index (Phi) is 4.69. The van der Waals surface area contributed by atoms with Crippen LogP contribution in [0.3, 0.4) is 0 Å². The second-order valence-corrected chi connectivity index (χ2v) is 5.59. The summed E-state index contributed by atoms with van der Waals surface area (Å²) in [5.74, 6) is -3.27. The van der Waals surface area contributed by atoms with E-state index < -0.39 is 23.9 Å². The average Bonchev–Trinajstić information content (AvgIpc) is 2.40. The van der Waals surface area contributed by atoms with E-state index in [9.17, 15) is 18.3 Å². The minimum absolute atomic E-state index is 0.0307. The molecule has 8 heteroatoms. The maximum Gasteiger partial charge on any atom is 0.264 e. The molecule has 1 aromatic heterocycles. The summed E-state index contributed by atoms with van der Waals surface area (Å²) in [6.07, 6.45) is 0.201. The molecule has 0 fully saturated rings. The standard InChI is InChI=1S/C14H19F3N4O/c1-7(14(3,16)17)18-13-20-8(2)19-12(21-13)9-5-4-6-10(22)11(9)15/h7,10,22H,4-6H2,1-3H3,(H,18,19,20,21). The van der Waals surface area contributed by atoms with Gasteiger partial charge < -0.3 is 10.4 Å². The third-order valence-corrected chi connectivity index (χ3v) is 3.61. The van der Waals surface area contributed by atoms with Crippen LogP contribution in [0.4, 0.5) is 19.1 Å². The first kappa shape index (κ1) is 16.7. The zero-order valence-corrected chi connectivity index (χ0v) is 12.7. The zero-order chi connectivity index (χ0) is 16.5. The van der Waals surface area contributed by atoms with E-state index in [0.717, 1.165) is 6.92 Å². The van der Waals surface area contributed by atoms with Crippen molar-refractivity contribution in [2.45, 2.75) is 58.1 Å². The van der Waals surface area contributed by atoms with Crippen molar-refractivity contribution in [1.29, 1.82) is 0 Å². The number of aliphatic hydroxyl groups is 1. The Morgan fingerprint density at radius 3 is 2.64 bits per heavy atom. The first-order valence-electron chi connectivity index (χ1n) is 7.12. The van der Waals surface area contributed by atoms with Gasteiger partial charge in [-0.3, -0.25) is 0 Å². The van der Waals surface area contributed by atoms with Crippen LogP contribution < -0.4 is 5.32 Å². The molecule has 22 heavy (non-hydrogen) atoms. The number of allylic oxidation sites excluding steroid dienone is 1. The minimum Gasteiger partial charge on any atom is -0.386 e. The van der Waals surface area contributed by atoms with Gasteiger partial charge in [-0.2, -0.15) is 9.97 Å². The summed E-state index contributed by atoms with van der Waals surface area (Å²) in [7, 11) is 0. The van der Waals surface area contributed by atoms with Crippen molar-refractivity contribution in [3.8, 4) is 0 Å². The molecule has 5 nitrogen and oxygen atoms in total. The van der Waals surface area contributed by atoms with Gasteiger partial charge in [0, 0.05) is 12.5 Å². The molecule has 1 aliphatic carbocycles. The molecule has 2 atom stereocenters. The van der Waals surface area contributed by atoms with Crippen molar-refractivity contribution in [2.24, 2.45) is 0 Å². The van der Waals surface area contributed by atoms with Gasteiger partial charge >= 0.3 is 0 Å². The largest absolute Gasteiger partial charge is 0.386 e. The number of halogens is 3. The van der Waals surface area contributed by atoms with Crippen LogP contribution in [0.2, 0.25) is 0 Å². The fourth-order valence-corrected chi connectivity index (χ4v) is 2.14. The van der Waals surface area contributed by atoms with Crippen molar-refractivity contribution in [2.75, 3.05) is 5.32 Å². The van der Waals surface area contributed by atoms with Crippen LogP contribution in [0.15, 0.2) is 5.83 Å². The van der Waals surface area contributed by atoms with E-state index in [-0.39, 0.29) is 17.3 Å². The van der Waals surface area contributed by atoms with Gasteiger partial charge in [0.15, 0.2) is 5.82 Å². The van der Waals surface area contributed by atoms with Crippen molar-refractivity contribution in [3.05, 3.63) is 17.5 Å². The lowest BCUT2D eigenvalue weighted by Gasteiger charge is -2.22. The Morgan fingerprint density at radius 2 is 2.00 bits per heavy atom. The van der Waals surface area contributed by atoms with E-state index in [4.69, 9.17) is 0 Å². The van der Waals surface area contributed by atoms with Crippen LogP contribution in [-0.2, 0) is 0 Å². The summed E-state index contributed by atoms with van der Waals surface area (Å²) >= 11 is 0. The van der Waals surface area contributed by atoms with Crippen LogP contribution >= 0.6 is 0 Å². The third kappa shape index (κ3) is 3.73. The van der Waals surface area contributed by atoms with Crippen LogP contribution in [-0.4, -0.2) is 38.1 Å². The normalized spacial score (nSPS) is 21.0. The number of hydrogen-bond acceptors (Lipinski definition) is 5. The molecule has 0 aliphatic heterocycles. The lowest BCUT2D eigenvalue weighted by molar-refractivity contribution is 0.00674. The van der Waals surface area contributed by atoms with Crippen LogP contribution in [0.5, 0.6) is 0 Å². The van der Waals surface area contributed by atoms with E-state index in [1.165, 1.54) is 6.92 Å². The maximum absolute atomic E-state index is 14.0. The molecule has 0 spiro atoms. The minimum atomic E-state index is -2.95. The van der Waals surface area contributed by atoms with Gasteiger partial charge in [0.05, 0.1) is 6.04 Å². The van der Waals surface area contributed by atoms with Gasteiger partial charge in [0.25, 0.3) is 5.92 Å².